The predicted molar refractivity (Wildman–Crippen MR) is 72.0 cm³/mol. The van der Waals surface area contributed by atoms with Crippen LogP contribution >= 0.6 is 0 Å². The first-order valence-corrected chi connectivity index (χ1v) is 6.49. The van der Waals surface area contributed by atoms with Crippen LogP contribution in [0.3, 0.4) is 0 Å². The summed E-state index contributed by atoms with van der Waals surface area (Å²) in [4.78, 5) is 11.9. The van der Waals surface area contributed by atoms with Gasteiger partial charge in [-0.2, -0.15) is 0 Å². The van der Waals surface area contributed by atoms with Crippen molar-refractivity contribution in [1.29, 1.82) is 0 Å². The molecule has 19 heavy (non-hydrogen) atoms. The highest BCUT2D eigenvalue weighted by Crippen LogP contribution is 2.14. The van der Waals surface area contributed by atoms with Gasteiger partial charge in [-0.1, -0.05) is 13.8 Å². The third-order valence-corrected chi connectivity index (χ3v) is 2.97. The lowest BCUT2D eigenvalue weighted by Gasteiger charge is -2.20. The molecule has 0 fully saturated rings. The van der Waals surface area contributed by atoms with Gasteiger partial charge in [-0.05, 0) is 31.9 Å². The Balaban J connectivity index is 2.63. The van der Waals surface area contributed by atoms with E-state index < -0.39 is 17.7 Å². The summed E-state index contributed by atoms with van der Waals surface area (Å²) in [6.07, 6.45) is 1.70. The molecular formula is C14H20F2N2O. The number of hydrogen-bond donors (Lipinski definition) is 2. The average molecular weight is 270 g/mol. The molecule has 1 rings (SSSR count). The lowest BCUT2D eigenvalue weighted by molar-refractivity contribution is -0.122. The van der Waals surface area contributed by atoms with Crippen LogP contribution in [0.4, 0.5) is 14.5 Å². The molecule has 1 amide bonds. The molecule has 1 atom stereocenters. The van der Waals surface area contributed by atoms with E-state index in [-0.39, 0.29) is 17.6 Å². The summed E-state index contributed by atoms with van der Waals surface area (Å²) in [7, 11) is 0. The van der Waals surface area contributed by atoms with Crippen molar-refractivity contribution in [2.75, 3.05) is 5.32 Å². The Labute approximate surface area is 112 Å². The van der Waals surface area contributed by atoms with E-state index >= 15 is 0 Å². The summed E-state index contributed by atoms with van der Waals surface area (Å²) in [5.41, 5.74) is 0.254. The number of benzene rings is 1. The van der Waals surface area contributed by atoms with E-state index in [2.05, 4.69) is 10.6 Å². The molecule has 0 spiro atoms. The van der Waals surface area contributed by atoms with Crippen LogP contribution in [0.25, 0.3) is 0 Å². The summed E-state index contributed by atoms with van der Waals surface area (Å²) in [6, 6.07) is 2.68. The molecule has 0 aromatic heterocycles. The topological polar surface area (TPSA) is 41.1 Å². The number of nitrogens with one attached hydrogen (secondary N) is 2. The van der Waals surface area contributed by atoms with Crippen LogP contribution in [0.15, 0.2) is 18.2 Å². The Morgan fingerprint density at radius 3 is 2.16 bits per heavy atom. The van der Waals surface area contributed by atoms with Gasteiger partial charge < -0.3 is 10.6 Å². The fourth-order valence-corrected chi connectivity index (χ4v) is 1.77. The maximum Gasteiger partial charge on any atom is 0.242 e. The monoisotopic (exact) mass is 270 g/mol. The van der Waals surface area contributed by atoms with E-state index in [0.29, 0.717) is 0 Å². The van der Waals surface area contributed by atoms with Crippen LogP contribution in [0, 0.1) is 11.6 Å². The second-order valence-electron chi connectivity index (χ2n) is 4.55. The minimum absolute atomic E-state index is 0.126. The normalized spacial score (nSPS) is 12.3. The second kappa shape index (κ2) is 7.07. The first-order chi connectivity index (χ1) is 8.96. The summed E-state index contributed by atoms with van der Waals surface area (Å²) in [6.45, 7) is 5.64. The first kappa shape index (κ1) is 15.4. The summed E-state index contributed by atoms with van der Waals surface area (Å²) in [5, 5.41) is 5.66. The predicted octanol–water partition coefficient (Wildman–Crippen LogP) is 3.07. The molecular weight excluding hydrogens is 250 g/mol. The molecule has 2 N–H and O–H groups in total. The molecule has 3 nitrogen and oxygen atoms in total. The number of carbonyl (C=O) groups excluding carboxylic acids is 1. The van der Waals surface area contributed by atoms with Crippen molar-refractivity contribution in [3.63, 3.8) is 0 Å². The zero-order valence-electron chi connectivity index (χ0n) is 11.5. The minimum Gasteiger partial charge on any atom is -0.374 e. The molecule has 1 aromatic carbocycles. The Morgan fingerprint density at radius 2 is 1.68 bits per heavy atom. The lowest BCUT2D eigenvalue weighted by atomic mass is 10.1. The Kier molecular flexibility index (Phi) is 5.73. The van der Waals surface area contributed by atoms with Gasteiger partial charge in [0.05, 0.1) is 0 Å². The van der Waals surface area contributed by atoms with E-state index in [0.717, 1.165) is 31.0 Å². The molecule has 5 heteroatoms. The third-order valence-electron chi connectivity index (χ3n) is 2.97. The van der Waals surface area contributed by atoms with Crippen LogP contribution in [-0.2, 0) is 4.79 Å². The van der Waals surface area contributed by atoms with Crippen LogP contribution in [0.2, 0.25) is 0 Å². The van der Waals surface area contributed by atoms with Crippen molar-refractivity contribution in [2.45, 2.75) is 45.7 Å². The maximum atomic E-state index is 13.0. The number of rotatable bonds is 6. The van der Waals surface area contributed by atoms with Gasteiger partial charge in [0.15, 0.2) is 0 Å². The quantitative estimate of drug-likeness (QED) is 0.834. The van der Waals surface area contributed by atoms with Gasteiger partial charge in [0.2, 0.25) is 5.91 Å². The Bertz CT molecular complexity index is 413. The molecule has 0 aliphatic heterocycles. The van der Waals surface area contributed by atoms with Gasteiger partial charge in [0, 0.05) is 17.8 Å². The van der Waals surface area contributed by atoms with E-state index in [1.807, 2.05) is 13.8 Å². The number of halogens is 2. The van der Waals surface area contributed by atoms with Crippen molar-refractivity contribution in [1.82, 2.24) is 5.32 Å². The fraction of sp³-hybridized carbons (Fsp3) is 0.500. The molecule has 0 bridgehead atoms. The first-order valence-electron chi connectivity index (χ1n) is 6.49. The van der Waals surface area contributed by atoms with Crippen molar-refractivity contribution in [3.8, 4) is 0 Å². The Hall–Kier alpha value is -1.65. The van der Waals surface area contributed by atoms with Crippen molar-refractivity contribution < 1.29 is 13.6 Å². The van der Waals surface area contributed by atoms with Crippen molar-refractivity contribution in [2.24, 2.45) is 0 Å². The molecule has 1 unspecified atom stereocenters. The van der Waals surface area contributed by atoms with Gasteiger partial charge in [-0.3, -0.25) is 4.79 Å². The smallest absolute Gasteiger partial charge is 0.242 e. The van der Waals surface area contributed by atoms with Crippen LogP contribution in [0.5, 0.6) is 0 Å². The molecule has 106 valence electrons. The number of carbonyl (C=O) groups is 1. The molecule has 1 aromatic rings. The van der Waals surface area contributed by atoms with Crippen molar-refractivity contribution >= 4 is 11.6 Å². The summed E-state index contributed by atoms with van der Waals surface area (Å²) in [5.74, 6) is -1.52. The van der Waals surface area contributed by atoms with E-state index in [4.69, 9.17) is 0 Å². The van der Waals surface area contributed by atoms with Gasteiger partial charge in [-0.15, -0.1) is 0 Å². The van der Waals surface area contributed by atoms with E-state index in [1.165, 1.54) is 0 Å². The third kappa shape index (κ3) is 4.85. The summed E-state index contributed by atoms with van der Waals surface area (Å²) < 4.78 is 26.0. The van der Waals surface area contributed by atoms with E-state index in [1.54, 1.807) is 6.92 Å². The van der Waals surface area contributed by atoms with Crippen LogP contribution < -0.4 is 10.6 Å². The molecule has 0 heterocycles. The van der Waals surface area contributed by atoms with Crippen LogP contribution in [-0.4, -0.2) is 18.0 Å². The largest absolute Gasteiger partial charge is 0.374 e. The van der Waals surface area contributed by atoms with Gasteiger partial charge in [0.1, 0.15) is 17.7 Å². The number of anilines is 1. The molecule has 0 radical (unpaired) electrons. The van der Waals surface area contributed by atoms with Gasteiger partial charge in [-0.25, -0.2) is 8.78 Å². The zero-order valence-corrected chi connectivity index (χ0v) is 11.5. The van der Waals surface area contributed by atoms with E-state index in [9.17, 15) is 13.6 Å². The highest BCUT2D eigenvalue weighted by atomic mass is 19.1. The molecule has 0 aliphatic rings. The average Bonchev–Trinajstić information content (AvgIpc) is 2.34. The highest BCUT2D eigenvalue weighted by Gasteiger charge is 2.16. The fourth-order valence-electron chi connectivity index (χ4n) is 1.77. The molecule has 0 saturated heterocycles. The highest BCUT2D eigenvalue weighted by molar-refractivity contribution is 5.84. The minimum atomic E-state index is -0.671. The Morgan fingerprint density at radius 1 is 1.16 bits per heavy atom. The molecule has 0 saturated carbocycles. The molecule has 0 aliphatic carbocycles. The maximum absolute atomic E-state index is 13.0. The standard InChI is InChI=1S/C14H20F2N2O/c1-4-12(5-2)18-14(19)9(3)17-13-7-10(15)6-11(16)8-13/h6-9,12,17H,4-5H2,1-3H3,(H,18,19). The number of hydrogen-bond acceptors (Lipinski definition) is 2. The van der Waals surface area contributed by atoms with Crippen molar-refractivity contribution in [3.05, 3.63) is 29.8 Å². The van der Waals surface area contributed by atoms with Gasteiger partial charge >= 0.3 is 0 Å². The second-order valence-corrected chi connectivity index (χ2v) is 4.55. The SMILES string of the molecule is CCC(CC)NC(=O)C(C)Nc1cc(F)cc(F)c1. The number of amides is 1. The van der Waals surface area contributed by atoms with Crippen LogP contribution in [0.1, 0.15) is 33.6 Å². The summed E-state index contributed by atoms with van der Waals surface area (Å²) >= 11 is 0. The zero-order chi connectivity index (χ0) is 14.4. The van der Waals surface area contributed by atoms with Gasteiger partial charge in [0.25, 0.3) is 0 Å². The lowest BCUT2D eigenvalue weighted by Crippen LogP contribution is -2.42.